The lowest BCUT2D eigenvalue weighted by molar-refractivity contribution is -0.118. The minimum atomic E-state index is -0.457. The fourth-order valence-electron chi connectivity index (χ4n) is 4.28. The molecule has 1 aromatic carbocycles. The summed E-state index contributed by atoms with van der Waals surface area (Å²) in [6, 6.07) is 5.51. The van der Waals surface area contributed by atoms with Crippen LogP contribution in [0.5, 0.6) is 0 Å². The van der Waals surface area contributed by atoms with Gasteiger partial charge in [-0.25, -0.2) is 9.78 Å². The van der Waals surface area contributed by atoms with Crippen LogP contribution in [0.15, 0.2) is 23.6 Å². The minimum Gasteiger partial charge on any atom is -0.453 e. The highest BCUT2D eigenvalue weighted by molar-refractivity contribution is 7.09. The van der Waals surface area contributed by atoms with Gasteiger partial charge in [0.25, 0.3) is 0 Å². The molecular weight excluding hydrogens is 428 g/mol. The first kappa shape index (κ1) is 20.6. The Morgan fingerprint density at radius 3 is 2.83 bits per heavy atom. The van der Waals surface area contributed by atoms with Gasteiger partial charge in [-0.3, -0.25) is 9.59 Å². The maximum atomic E-state index is 13.2. The van der Waals surface area contributed by atoms with E-state index in [4.69, 9.17) is 22.1 Å². The van der Waals surface area contributed by atoms with E-state index in [9.17, 15) is 14.4 Å². The molecule has 0 radical (unpaired) electrons. The minimum absolute atomic E-state index is 0.0577. The molecule has 8 nitrogen and oxygen atoms in total. The number of hydrogen-bond acceptors (Lipinski definition) is 6. The zero-order valence-electron chi connectivity index (χ0n) is 16.4. The Morgan fingerprint density at radius 2 is 2.10 bits per heavy atom. The Balaban J connectivity index is 1.58. The lowest BCUT2D eigenvalue weighted by Crippen LogP contribution is -2.40. The predicted octanol–water partition coefficient (Wildman–Crippen LogP) is 2.12. The van der Waals surface area contributed by atoms with E-state index in [0.717, 1.165) is 17.7 Å². The van der Waals surface area contributed by atoms with Crippen LogP contribution in [-0.2, 0) is 32.6 Å². The Hall–Kier alpha value is -2.65. The number of amides is 3. The molecular formula is C20H21ClN4O4S. The lowest BCUT2D eigenvalue weighted by atomic mass is 9.81. The van der Waals surface area contributed by atoms with Crippen molar-refractivity contribution in [3.05, 3.63) is 44.9 Å². The van der Waals surface area contributed by atoms with Crippen molar-refractivity contribution in [2.75, 3.05) is 31.6 Å². The first-order chi connectivity index (χ1) is 14.3. The van der Waals surface area contributed by atoms with Crippen LogP contribution in [0.2, 0.25) is 5.02 Å². The second-order valence-corrected chi connectivity index (χ2v) is 8.99. The van der Waals surface area contributed by atoms with Crippen LogP contribution in [0.3, 0.4) is 0 Å². The molecule has 2 aromatic rings. The van der Waals surface area contributed by atoms with Crippen LogP contribution in [0.4, 0.5) is 10.5 Å². The number of hydrogen-bond donors (Lipinski definition) is 1. The molecule has 4 rings (SSSR count). The van der Waals surface area contributed by atoms with Crippen molar-refractivity contribution < 1.29 is 19.1 Å². The number of anilines is 1. The van der Waals surface area contributed by atoms with Crippen molar-refractivity contribution in [1.82, 2.24) is 9.88 Å². The molecule has 158 valence electrons. The van der Waals surface area contributed by atoms with Gasteiger partial charge in [-0.05, 0) is 30.2 Å². The van der Waals surface area contributed by atoms with Crippen LogP contribution in [0.1, 0.15) is 22.7 Å². The second kappa shape index (κ2) is 7.88. The molecule has 30 heavy (non-hydrogen) atoms. The number of fused-ring (bicyclic) bond motifs is 2. The van der Waals surface area contributed by atoms with Gasteiger partial charge in [-0.1, -0.05) is 11.6 Å². The molecule has 1 saturated heterocycles. The highest BCUT2D eigenvalue weighted by atomic mass is 35.5. The van der Waals surface area contributed by atoms with Crippen molar-refractivity contribution in [1.29, 1.82) is 0 Å². The van der Waals surface area contributed by atoms with Gasteiger partial charge < -0.3 is 20.3 Å². The summed E-state index contributed by atoms with van der Waals surface area (Å²) in [7, 11) is 1.36. The third-order valence-corrected chi connectivity index (χ3v) is 6.76. The quantitative estimate of drug-likeness (QED) is 0.771. The van der Waals surface area contributed by atoms with Gasteiger partial charge in [-0.15, -0.1) is 11.3 Å². The van der Waals surface area contributed by atoms with Crippen LogP contribution in [0.25, 0.3) is 0 Å². The Morgan fingerprint density at radius 1 is 1.30 bits per heavy atom. The fraction of sp³-hybridized carbons (Fsp3) is 0.400. The van der Waals surface area contributed by atoms with Crippen molar-refractivity contribution in [3.8, 4) is 0 Å². The van der Waals surface area contributed by atoms with Crippen molar-refractivity contribution in [2.45, 2.75) is 24.7 Å². The molecule has 2 N–H and O–H groups in total. The van der Waals surface area contributed by atoms with Crippen LogP contribution in [0, 0.1) is 0 Å². The van der Waals surface area contributed by atoms with E-state index in [1.807, 2.05) is 12.1 Å². The van der Waals surface area contributed by atoms with Gasteiger partial charge in [0.2, 0.25) is 11.8 Å². The van der Waals surface area contributed by atoms with Crippen LogP contribution >= 0.6 is 22.9 Å². The third-order valence-electron chi connectivity index (χ3n) is 5.63. The summed E-state index contributed by atoms with van der Waals surface area (Å²) < 4.78 is 4.87. The zero-order chi connectivity index (χ0) is 21.5. The number of carbonyl (C=O) groups excluding carboxylic acids is 3. The van der Waals surface area contributed by atoms with E-state index in [2.05, 4.69) is 4.98 Å². The topological polar surface area (TPSA) is 106 Å². The van der Waals surface area contributed by atoms with Gasteiger partial charge in [-0.2, -0.15) is 0 Å². The highest BCUT2D eigenvalue weighted by Gasteiger charge is 2.50. The first-order valence-electron chi connectivity index (χ1n) is 9.46. The van der Waals surface area contributed by atoms with Crippen molar-refractivity contribution in [3.63, 3.8) is 0 Å². The molecule has 2 aliphatic rings. The summed E-state index contributed by atoms with van der Waals surface area (Å²) in [6.45, 7) is 1.49. The number of rotatable bonds is 4. The van der Waals surface area contributed by atoms with Crippen LogP contribution in [-0.4, -0.2) is 54.5 Å². The Kier molecular flexibility index (Phi) is 5.42. The SMILES string of the molecule is COC(=O)N1CCC2(C1)CN(C(=O)Cc1nc(CC(N)=O)cs1)c1ccc(Cl)cc12. The van der Waals surface area contributed by atoms with E-state index in [-0.39, 0.29) is 30.3 Å². The second-order valence-electron chi connectivity index (χ2n) is 7.62. The van der Waals surface area contributed by atoms with E-state index in [1.54, 1.807) is 21.2 Å². The molecule has 0 aliphatic carbocycles. The normalized spacial score (nSPS) is 19.9. The molecule has 3 amide bonds. The van der Waals surface area contributed by atoms with Gasteiger partial charge in [0.1, 0.15) is 5.01 Å². The summed E-state index contributed by atoms with van der Waals surface area (Å²) in [6.07, 6.45) is 0.536. The number of thiazole rings is 1. The number of benzene rings is 1. The number of ether oxygens (including phenoxy) is 1. The molecule has 0 bridgehead atoms. The third kappa shape index (κ3) is 3.75. The van der Waals surface area contributed by atoms with Crippen molar-refractivity contribution >= 4 is 46.5 Å². The van der Waals surface area contributed by atoms with E-state index in [1.165, 1.54) is 18.4 Å². The summed E-state index contributed by atoms with van der Waals surface area (Å²) in [4.78, 5) is 44.0. The predicted molar refractivity (Wildman–Crippen MR) is 113 cm³/mol. The average Bonchev–Trinajstić information content (AvgIpc) is 3.40. The number of aromatic nitrogens is 1. The number of halogens is 1. The zero-order valence-corrected chi connectivity index (χ0v) is 18.0. The largest absolute Gasteiger partial charge is 0.453 e. The number of likely N-dealkylation sites (tertiary alicyclic amines) is 1. The number of nitrogens with two attached hydrogens (primary N) is 1. The molecule has 1 aromatic heterocycles. The van der Waals surface area contributed by atoms with Crippen LogP contribution < -0.4 is 10.6 Å². The summed E-state index contributed by atoms with van der Waals surface area (Å²) in [5, 5.41) is 2.97. The smallest absolute Gasteiger partial charge is 0.409 e. The van der Waals surface area contributed by atoms with E-state index < -0.39 is 5.91 Å². The lowest BCUT2D eigenvalue weighted by Gasteiger charge is -2.25. The number of carbonyl (C=O) groups is 3. The fourth-order valence-corrected chi connectivity index (χ4v) is 5.24. The number of nitrogens with zero attached hydrogens (tertiary/aromatic N) is 3. The van der Waals surface area contributed by atoms with Gasteiger partial charge in [0, 0.05) is 41.1 Å². The van der Waals surface area contributed by atoms with Gasteiger partial charge in [0.15, 0.2) is 0 Å². The summed E-state index contributed by atoms with van der Waals surface area (Å²) >= 11 is 7.59. The molecule has 1 fully saturated rings. The highest BCUT2D eigenvalue weighted by Crippen LogP contribution is 2.47. The van der Waals surface area contributed by atoms with Gasteiger partial charge >= 0.3 is 6.09 Å². The maximum Gasteiger partial charge on any atom is 0.409 e. The molecule has 10 heteroatoms. The Bertz CT molecular complexity index is 1030. The van der Waals surface area contributed by atoms with E-state index >= 15 is 0 Å². The number of primary amides is 1. The molecule has 1 unspecified atom stereocenters. The number of methoxy groups -OCH3 is 1. The monoisotopic (exact) mass is 448 g/mol. The molecule has 2 aliphatic heterocycles. The van der Waals surface area contributed by atoms with Gasteiger partial charge in [0.05, 0.1) is 25.6 Å². The standard InChI is InChI=1S/C20H21ClN4O4S/c1-29-19(28)24-5-4-20(10-24)11-25(15-3-2-12(21)6-14(15)20)18(27)8-17-23-13(9-30-17)7-16(22)26/h2-3,6,9H,4-5,7-8,10-11H2,1H3,(H2,22,26). The molecule has 3 heterocycles. The molecule has 1 spiro atoms. The molecule has 1 atom stereocenters. The molecule has 0 saturated carbocycles. The van der Waals surface area contributed by atoms with Crippen molar-refractivity contribution in [2.24, 2.45) is 5.73 Å². The Labute approximate surface area is 182 Å². The average molecular weight is 449 g/mol. The van der Waals surface area contributed by atoms with E-state index in [0.29, 0.717) is 35.4 Å². The summed E-state index contributed by atoms with van der Waals surface area (Å²) in [5.74, 6) is -0.547. The maximum absolute atomic E-state index is 13.2. The summed E-state index contributed by atoms with van der Waals surface area (Å²) in [5.41, 5.74) is 7.20. The first-order valence-corrected chi connectivity index (χ1v) is 10.7.